The maximum atomic E-state index is 5.59. The number of thiazole rings is 1. The van der Waals surface area contributed by atoms with Crippen LogP contribution in [0.2, 0.25) is 0 Å². The first-order chi connectivity index (χ1) is 8.74. The molecule has 18 heavy (non-hydrogen) atoms. The van der Waals surface area contributed by atoms with E-state index in [4.69, 9.17) is 5.73 Å². The van der Waals surface area contributed by atoms with Gasteiger partial charge in [0.1, 0.15) is 5.01 Å². The second-order valence-electron chi connectivity index (χ2n) is 3.79. The number of aryl methyl sites for hydroxylation is 1. The number of nitrogens with two attached hydrogens (primary N) is 1. The maximum Gasteiger partial charge on any atom is 0.203 e. The molecule has 0 saturated heterocycles. The summed E-state index contributed by atoms with van der Waals surface area (Å²) in [6, 6.07) is 8.21. The average Bonchev–Trinajstić information content (AvgIpc) is 2.98. The fourth-order valence-electron chi connectivity index (χ4n) is 1.64. The topological polar surface area (TPSA) is 64.7 Å². The largest absolute Gasteiger partial charge is 0.374 e. The van der Waals surface area contributed by atoms with Gasteiger partial charge in [0.05, 0.1) is 4.88 Å². The van der Waals surface area contributed by atoms with Gasteiger partial charge in [-0.05, 0) is 12.5 Å². The highest BCUT2D eigenvalue weighted by Crippen LogP contribution is 2.34. The second kappa shape index (κ2) is 4.47. The van der Waals surface area contributed by atoms with E-state index >= 15 is 0 Å². The van der Waals surface area contributed by atoms with Crippen LogP contribution in [-0.4, -0.2) is 15.2 Å². The van der Waals surface area contributed by atoms with Gasteiger partial charge in [0.2, 0.25) is 5.13 Å². The number of nitrogens with zero attached hydrogens (tertiary/aromatic N) is 3. The number of hydrogen-bond donors (Lipinski definition) is 1. The van der Waals surface area contributed by atoms with Crippen LogP contribution in [0.1, 0.15) is 5.56 Å². The van der Waals surface area contributed by atoms with Crippen LogP contribution in [-0.2, 0) is 0 Å². The maximum absolute atomic E-state index is 5.59. The highest BCUT2D eigenvalue weighted by atomic mass is 32.1. The number of benzene rings is 1. The highest BCUT2D eigenvalue weighted by Gasteiger charge is 2.11. The summed E-state index contributed by atoms with van der Waals surface area (Å²) in [5.41, 5.74) is 7.96. The van der Waals surface area contributed by atoms with Crippen molar-refractivity contribution in [1.82, 2.24) is 15.2 Å². The Bertz CT molecular complexity index is 687. The monoisotopic (exact) mass is 274 g/mol. The van der Waals surface area contributed by atoms with Crippen LogP contribution in [0.25, 0.3) is 20.5 Å². The SMILES string of the molecule is Cc1ccccc1-c1ncc(-c2nnc(N)s2)s1. The number of hydrogen-bond acceptors (Lipinski definition) is 6. The van der Waals surface area contributed by atoms with E-state index in [1.54, 1.807) is 11.3 Å². The molecule has 0 aliphatic rings. The van der Waals surface area contributed by atoms with Crippen LogP contribution in [0.3, 0.4) is 0 Å². The number of rotatable bonds is 2. The second-order valence-corrected chi connectivity index (χ2v) is 5.83. The highest BCUT2D eigenvalue weighted by molar-refractivity contribution is 7.24. The van der Waals surface area contributed by atoms with Gasteiger partial charge >= 0.3 is 0 Å². The zero-order valence-corrected chi connectivity index (χ0v) is 11.3. The number of aromatic nitrogens is 3. The van der Waals surface area contributed by atoms with Crippen molar-refractivity contribution in [2.75, 3.05) is 5.73 Å². The van der Waals surface area contributed by atoms with Crippen LogP contribution < -0.4 is 5.73 Å². The van der Waals surface area contributed by atoms with Gasteiger partial charge in [0.25, 0.3) is 0 Å². The lowest BCUT2D eigenvalue weighted by molar-refractivity contribution is 1.10. The molecular formula is C12H10N4S2. The molecule has 0 unspecified atom stereocenters. The molecule has 4 nitrogen and oxygen atoms in total. The number of nitrogen functional groups attached to an aromatic ring is 1. The molecule has 0 bridgehead atoms. The summed E-state index contributed by atoms with van der Waals surface area (Å²) in [6.07, 6.45) is 1.83. The molecule has 2 aromatic heterocycles. The molecule has 0 aliphatic heterocycles. The van der Waals surface area contributed by atoms with Crippen molar-refractivity contribution in [2.24, 2.45) is 0 Å². The van der Waals surface area contributed by atoms with Crippen molar-refractivity contribution in [2.45, 2.75) is 6.92 Å². The van der Waals surface area contributed by atoms with Gasteiger partial charge in [-0.1, -0.05) is 35.6 Å². The van der Waals surface area contributed by atoms with E-state index in [1.165, 1.54) is 16.9 Å². The molecule has 90 valence electrons. The van der Waals surface area contributed by atoms with E-state index in [9.17, 15) is 0 Å². The van der Waals surface area contributed by atoms with Crippen LogP contribution >= 0.6 is 22.7 Å². The molecular weight excluding hydrogens is 264 g/mol. The van der Waals surface area contributed by atoms with E-state index in [1.807, 2.05) is 18.3 Å². The molecule has 0 spiro atoms. The first-order valence-corrected chi connectivity index (χ1v) is 6.98. The van der Waals surface area contributed by atoms with Crippen molar-refractivity contribution >= 4 is 27.8 Å². The first kappa shape index (κ1) is 11.3. The standard InChI is InChI=1S/C12H10N4S2/c1-7-4-2-3-5-8(7)10-14-6-9(17-10)11-15-16-12(13)18-11/h2-6H,1H3,(H2,13,16). The lowest BCUT2D eigenvalue weighted by atomic mass is 10.1. The Morgan fingerprint density at radius 1 is 1.06 bits per heavy atom. The first-order valence-electron chi connectivity index (χ1n) is 5.35. The van der Waals surface area contributed by atoms with Crippen LogP contribution in [0.15, 0.2) is 30.5 Å². The zero-order chi connectivity index (χ0) is 12.5. The van der Waals surface area contributed by atoms with Crippen molar-refractivity contribution < 1.29 is 0 Å². The number of anilines is 1. The third-order valence-corrected chi connectivity index (χ3v) is 4.48. The smallest absolute Gasteiger partial charge is 0.203 e. The predicted octanol–water partition coefficient (Wildman–Crippen LogP) is 3.22. The quantitative estimate of drug-likeness (QED) is 0.779. The Labute approximate surface area is 112 Å². The zero-order valence-electron chi connectivity index (χ0n) is 9.62. The summed E-state index contributed by atoms with van der Waals surface area (Å²) in [6.45, 7) is 2.08. The molecule has 2 heterocycles. The van der Waals surface area contributed by atoms with E-state index in [0.717, 1.165) is 20.5 Å². The van der Waals surface area contributed by atoms with Gasteiger partial charge in [-0.2, -0.15) is 0 Å². The van der Waals surface area contributed by atoms with Gasteiger partial charge in [-0.3, -0.25) is 0 Å². The van der Waals surface area contributed by atoms with E-state index in [0.29, 0.717) is 5.13 Å². The third-order valence-electron chi connectivity index (χ3n) is 2.53. The van der Waals surface area contributed by atoms with Gasteiger partial charge in [-0.15, -0.1) is 21.5 Å². The van der Waals surface area contributed by atoms with Crippen molar-refractivity contribution in [3.8, 4) is 20.5 Å². The van der Waals surface area contributed by atoms with Crippen molar-refractivity contribution in [3.05, 3.63) is 36.0 Å². The molecule has 0 amide bonds. The van der Waals surface area contributed by atoms with Gasteiger partial charge in [-0.25, -0.2) is 4.98 Å². The third kappa shape index (κ3) is 2.00. The minimum absolute atomic E-state index is 0.482. The summed E-state index contributed by atoms with van der Waals surface area (Å²) >= 11 is 2.99. The minimum atomic E-state index is 0.482. The molecule has 3 aromatic rings. The Balaban J connectivity index is 2.02. The Morgan fingerprint density at radius 3 is 2.61 bits per heavy atom. The minimum Gasteiger partial charge on any atom is -0.374 e. The molecule has 0 saturated carbocycles. The molecule has 2 N–H and O–H groups in total. The molecule has 1 aromatic carbocycles. The van der Waals surface area contributed by atoms with Crippen LogP contribution in [0.4, 0.5) is 5.13 Å². The normalized spacial score (nSPS) is 10.7. The Morgan fingerprint density at radius 2 is 1.89 bits per heavy atom. The van der Waals surface area contributed by atoms with Crippen LogP contribution in [0.5, 0.6) is 0 Å². The molecule has 0 atom stereocenters. The molecule has 0 fully saturated rings. The fourth-order valence-corrected chi connectivity index (χ4v) is 3.30. The van der Waals surface area contributed by atoms with Gasteiger partial charge in [0.15, 0.2) is 5.01 Å². The molecule has 6 heteroatoms. The summed E-state index contributed by atoms with van der Waals surface area (Å²) in [7, 11) is 0. The lowest BCUT2D eigenvalue weighted by Crippen LogP contribution is -1.79. The van der Waals surface area contributed by atoms with Crippen molar-refractivity contribution in [1.29, 1.82) is 0 Å². The van der Waals surface area contributed by atoms with Crippen molar-refractivity contribution in [3.63, 3.8) is 0 Å². The Hall–Kier alpha value is -1.79. The molecule has 3 rings (SSSR count). The molecule has 0 radical (unpaired) electrons. The van der Waals surface area contributed by atoms with Gasteiger partial charge in [0, 0.05) is 11.8 Å². The summed E-state index contributed by atoms with van der Waals surface area (Å²) in [5, 5.41) is 10.2. The van der Waals surface area contributed by atoms with E-state index in [-0.39, 0.29) is 0 Å². The van der Waals surface area contributed by atoms with E-state index < -0.39 is 0 Å². The lowest BCUT2D eigenvalue weighted by Gasteiger charge is -1.99. The van der Waals surface area contributed by atoms with Crippen LogP contribution in [0, 0.1) is 6.92 Å². The average molecular weight is 274 g/mol. The predicted molar refractivity (Wildman–Crippen MR) is 75.6 cm³/mol. The summed E-state index contributed by atoms with van der Waals surface area (Å²) in [5.74, 6) is 0. The summed E-state index contributed by atoms with van der Waals surface area (Å²) < 4.78 is 0. The van der Waals surface area contributed by atoms with Gasteiger partial charge < -0.3 is 5.73 Å². The van der Waals surface area contributed by atoms with E-state index in [2.05, 4.69) is 34.2 Å². The summed E-state index contributed by atoms with van der Waals surface area (Å²) in [4.78, 5) is 5.45. The molecule has 0 aliphatic carbocycles. The Kier molecular flexibility index (Phi) is 2.81. The fraction of sp³-hybridized carbons (Fsp3) is 0.0833.